The smallest absolute Gasteiger partial charge is 0.166 e. The molecule has 0 amide bonds. The van der Waals surface area contributed by atoms with Crippen LogP contribution in [0.3, 0.4) is 0 Å². The van der Waals surface area contributed by atoms with E-state index in [4.69, 9.17) is 24.5 Å². The molecule has 0 radical (unpaired) electrons. The zero-order valence-electron chi connectivity index (χ0n) is 38.2. The third-order valence-corrected chi connectivity index (χ3v) is 9.62. The highest BCUT2D eigenvalue weighted by Crippen LogP contribution is 2.39. The van der Waals surface area contributed by atoms with E-state index >= 15 is 0 Å². The second-order valence-electron chi connectivity index (χ2n) is 13.0. The molecule has 2 aromatic heterocycles. The van der Waals surface area contributed by atoms with E-state index in [1.54, 1.807) is 12.1 Å². The lowest BCUT2D eigenvalue weighted by atomic mass is 9.97. The largest absolute Gasteiger partial charge is 0.308 e. The van der Waals surface area contributed by atoms with Crippen molar-refractivity contribution in [3.8, 4) is 73.2 Å². The van der Waals surface area contributed by atoms with Crippen LogP contribution in [0.5, 0.6) is 0 Å². The second-order valence-corrected chi connectivity index (χ2v) is 13.0. The van der Waals surface area contributed by atoms with E-state index in [2.05, 4.69) is 4.57 Å². The van der Waals surface area contributed by atoms with E-state index in [-0.39, 0.29) is 16.7 Å². The summed E-state index contributed by atoms with van der Waals surface area (Å²) in [6.45, 7) is 0. The SMILES string of the molecule is [2H]c1c([2H])c([2H])c(-c2c([2H])c([2H])c([2H])c(-c3ccc(-c4nc(-c5ccccc5)nc(-c5cccc(-c6ccccc6)c5)n4)c(-n4c5ccccc5c5ccccc54)c3)c2[2H])c([2H])c1[2H]. The van der Waals surface area contributed by atoms with Gasteiger partial charge in [0, 0.05) is 27.5 Å². The van der Waals surface area contributed by atoms with Crippen molar-refractivity contribution in [3.63, 3.8) is 0 Å². The quantitative estimate of drug-likeness (QED) is 0.165. The average Bonchev–Trinajstić information content (AvgIpc) is 3.68. The number of rotatable bonds is 7. The number of benzene rings is 8. The molecule has 0 atom stereocenters. The van der Waals surface area contributed by atoms with Crippen molar-refractivity contribution >= 4 is 21.8 Å². The highest BCUT2D eigenvalue weighted by Gasteiger charge is 2.20. The van der Waals surface area contributed by atoms with Gasteiger partial charge in [0.2, 0.25) is 0 Å². The molecule has 2 heterocycles. The molecule has 258 valence electrons. The summed E-state index contributed by atoms with van der Waals surface area (Å²) in [7, 11) is 0. The van der Waals surface area contributed by atoms with Gasteiger partial charge in [-0.3, -0.25) is 0 Å². The Bertz CT molecular complexity index is 3420. The molecule has 0 aliphatic rings. The molecule has 0 saturated heterocycles. The zero-order valence-corrected chi connectivity index (χ0v) is 29.2. The molecule has 0 aliphatic heterocycles. The molecule has 0 spiro atoms. The van der Waals surface area contributed by atoms with Crippen LogP contribution in [0.15, 0.2) is 206 Å². The Morgan fingerprint density at radius 1 is 0.364 bits per heavy atom. The highest BCUT2D eigenvalue weighted by molar-refractivity contribution is 6.09. The van der Waals surface area contributed by atoms with E-state index in [9.17, 15) is 2.74 Å². The zero-order chi connectivity index (χ0) is 44.4. The van der Waals surface area contributed by atoms with Crippen LogP contribution in [0.25, 0.3) is 95.0 Å². The third-order valence-electron chi connectivity index (χ3n) is 9.62. The highest BCUT2D eigenvalue weighted by atomic mass is 15.1. The second kappa shape index (κ2) is 13.8. The molecular formula is C51H34N4. The van der Waals surface area contributed by atoms with Crippen molar-refractivity contribution in [2.24, 2.45) is 0 Å². The maximum absolute atomic E-state index is 9.54. The minimum atomic E-state index is -0.630. The lowest BCUT2D eigenvalue weighted by Crippen LogP contribution is -2.04. The van der Waals surface area contributed by atoms with Gasteiger partial charge in [-0.2, -0.15) is 0 Å². The predicted molar refractivity (Wildman–Crippen MR) is 227 cm³/mol. The number of hydrogen-bond acceptors (Lipinski definition) is 3. The van der Waals surface area contributed by atoms with Crippen LogP contribution in [0.4, 0.5) is 0 Å². The van der Waals surface area contributed by atoms with Crippen LogP contribution in [-0.2, 0) is 0 Å². The van der Waals surface area contributed by atoms with Crippen molar-refractivity contribution in [2.75, 3.05) is 0 Å². The van der Waals surface area contributed by atoms with Crippen molar-refractivity contribution in [3.05, 3.63) is 206 Å². The number of nitrogens with zero attached hydrogens (tertiary/aromatic N) is 4. The molecule has 4 nitrogen and oxygen atoms in total. The summed E-state index contributed by atoms with van der Waals surface area (Å²) in [5.74, 6) is 1.23. The Morgan fingerprint density at radius 2 is 0.891 bits per heavy atom. The van der Waals surface area contributed by atoms with Crippen LogP contribution in [0, 0.1) is 0 Å². The van der Waals surface area contributed by atoms with E-state index in [1.165, 1.54) is 0 Å². The van der Waals surface area contributed by atoms with Crippen LogP contribution >= 0.6 is 0 Å². The van der Waals surface area contributed by atoms with Crippen molar-refractivity contribution in [2.45, 2.75) is 0 Å². The molecule has 4 heteroatoms. The molecule has 0 bridgehead atoms. The molecule has 0 N–H and O–H groups in total. The van der Waals surface area contributed by atoms with Crippen molar-refractivity contribution in [1.29, 1.82) is 0 Å². The van der Waals surface area contributed by atoms with Crippen LogP contribution < -0.4 is 0 Å². The number of hydrogen-bond donors (Lipinski definition) is 0. The first kappa shape index (κ1) is 24.0. The molecule has 0 unspecified atom stereocenters. The maximum Gasteiger partial charge on any atom is 0.166 e. The minimum absolute atomic E-state index is 0.0459. The molecule has 0 aliphatic carbocycles. The fourth-order valence-electron chi connectivity index (χ4n) is 7.04. The minimum Gasteiger partial charge on any atom is -0.308 e. The fourth-order valence-corrected chi connectivity index (χ4v) is 7.04. The first-order valence-corrected chi connectivity index (χ1v) is 17.8. The van der Waals surface area contributed by atoms with Crippen LogP contribution in [-0.4, -0.2) is 19.5 Å². The van der Waals surface area contributed by atoms with Crippen molar-refractivity contribution < 1.29 is 12.3 Å². The molecular weight excluding hydrogens is 669 g/mol. The first-order chi connectivity index (χ1) is 31.0. The Kier molecular flexibility index (Phi) is 6.04. The summed E-state index contributed by atoms with van der Waals surface area (Å²) < 4.78 is 80.9. The van der Waals surface area contributed by atoms with Gasteiger partial charge < -0.3 is 4.57 Å². The topological polar surface area (TPSA) is 43.6 Å². The molecule has 0 saturated carbocycles. The summed E-state index contributed by atoms with van der Waals surface area (Å²) in [5, 5.41) is 1.96. The predicted octanol–water partition coefficient (Wildman–Crippen LogP) is 13.0. The van der Waals surface area contributed by atoms with E-state index in [1.807, 2.05) is 140 Å². The Morgan fingerprint density at radius 3 is 1.60 bits per heavy atom. The Balaban J connectivity index is 1.27. The monoisotopic (exact) mass is 711 g/mol. The molecule has 0 fully saturated rings. The lowest BCUT2D eigenvalue weighted by Gasteiger charge is -2.17. The van der Waals surface area contributed by atoms with Crippen LogP contribution in [0.2, 0.25) is 0 Å². The Labute approximate surface area is 332 Å². The van der Waals surface area contributed by atoms with Gasteiger partial charge in [0.1, 0.15) is 0 Å². The van der Waals surface area contributed by atoms with E-state index in [0.717, 1.165) is 44.1 Å². The molecule has 55 heavy (non-hydrogen) atoms. The van der Waals surface area contributed by atoms with Gasteiger partial charge in [-0.05, 0) is 69.8 Å². The fraction of sp³-hybridized carbons (Fsp3) is 0. The normalized spacial score (nSPS) is 13.6. The van der Waals surface area contributed by atoms with Gasteiger partial charge in [-0.25, -0.2) is 15.0 Å². The van der Waals surface area contributed by atoms with Gasteiger partial charge in [0.15, 0.2) is 17.5 Å². The summed E-state index contributed by atoms with van der Waals surface area (Å²) >= 11 is 0. The average molecular weight is 712 g/mol. The first-order valence-electron chi connectivity index (χ1n) is 22.3. The van der Waals surface area contributed by atoms with Gasteiger partial charge in [-0.15, -0.1) is 0 Å². The van der Waals surface area contributed by atoms with Crippen LogP contribution in [0.1, 0.15) is 12.3 Å². The molecule has 10 aromatic rings. The number of aromatic nitrogens is 4. The van der Waals surface area contributed by atoms with Gasteiger partial charge in [-0.1, -0.05) is 170 Å². The summed E-state index contributed by atoms with van der Waals surface area (Å²) in [6, 6.07) is 43.9. The molecule has 8 aromatic carbocycles. The van der Waals surface area contributed by atoms with Gasteiger partial charge in [0.05, 0.1) is 29.1 Å². The van der Waals surface area contributed by atoms with E-state index in [0.29, 0.717) is 34.3 Å². The van der Waals surface area contributed by atoms with Gasteiger partial charge >= 0.3 is 0 Å². The number of para-hydroxylation sites is 2. The maximum atomic E-state index is 9.54. The third kappa shape index (κ3) is 6.06. The summed E-state index contributed by atoms with van der Waals surface area (Å²) in [4.78, 5) is 15.3. The summed E-state index contributed by atoms with van der Waals surface area (Å²) in [5.41, 5.74) is 6.02. The number of fused-ring (bicyclic) bond motifs is 3. The standard InChI is InChI=1S/C51H34N4/c1-4-16-35(17-5-1)38-22-14-24-40(32-38)41-30-31-45(48(34-41)55-46-28-12-10-26-43(46)44-27-11-13-29-47(44)55)51-53-49(37-20-8-3-9-21-37)52-50(54-51)42-25-15-23-39(33-42)36-18-6-2-7-19-36/h1-34H/i1D,4D,5D,14D,16D,17D,22D,24D,32D. The van der Waals surface area contributed by atoms with Gasteiger partial charge in [0.25, 0.3) is 0 Å². The lowest BCUT2D eigenvalue weighted by molar-refractivity contribution is 1.06. The Hall–Kier alpha value is -7.43. The molecule has 10 rings (SSSR count). The van der Waals surface area contributed by atoms with Crippen molar-refractivity contribution in [1.82, 2.24) is 19.5 Å². The summed E-state index contributed by atoms with van der Waals surface area (Å²) in [6.07, 6.45) is 0. The van der Waals surface area contributed by atoms with E-state index < -0.39 is 54.4 Å².